The lowest BCUT2D eigenvalue weighted by Gasteiger charge is -2.31. The molecule has 1 aromatic heterocycles. The minimum absolute atomic E-state index is 0.0210. The van der Waals surface area contributed by atoms with Gasteiger partial charge in [-0.15, -0.1) is 10.2 Å². The van der Waals surface area contributed by atoms with E-state index < -0.39 is 0 Å². The van der Waals surface area contributed by atoms with Crippen LogP contribution in [0.2, 0.25) is 5.02 Å². The molecule has 0 N–H and O–H groups in total. The molecule has 0 bridgehead atoms. The first kappa shape index (κ1) is 17.5. The number of hydrogen-bond acceptors (Lipinski definition) is 4. The number of rotatable bonds is 3. The van der Waals surface area contributed by atoms with Crippen molar-refractivity contribution in [3.8, 4) is 0 Å². The lowest BCUT2D eigenvalue weighted by molar-refractivity contribution is 0.0697. The number of benzene rings is 1. The first-order chi connectivity index (χ1) is 12.7. The Morgan fingerprint density at radius 1 is 1.00 bits per heavy atom. The highest BCUT2D eigenvalue weighted by Crippen LogP contribution is 2.34. The minimum Gasteiger partial charge on any atom is -0.425 e. The fraction of sp³-hybridized carbons (Fsp3) is 0.550. The Morgan fingerprint density at radius 2 is 1.69 bits per heavy atom. The third-order valence-electron chi connectivity index (χ3n) is 5.57. The molecule has 6 heteroatoms. The number of carbonyl (C=O) groups excluding carboxylic acids is 1. The van der Waals surface area contributed by atoms with Crippen molar-refractivity contribution in [1.29, 1.82) is 0 Å². The van der Waals surface area contributed by atoms with Gasteiger partial charge in [0.15, 0.2) is 0 Å². The van der Waals surface area contributed by atoms with Crippen LogP contribution in [-0.2, 0) is 0 Å². The summed E-state index contributed by atoms with van der Waals surface area (Å²) in [6.07, 6.45) is 7.98. The van der Waals surface area contributed by atoms with E-state index in [2.05, 4.69) is 10.2 Å². The Bertz CT molecular complexity index is 770. The zero-order valence-electron chi connectivity index (χ0n) is 14.9. The van der Waals surface area contributed by atoms with Crippen molar-refractivity contribution in [2.24, 2.45) is 0 Å². The number of piperidine rings is 1. The summed E-state index contributed by atoms with van der Waals surface area (Å²) in [6.45, 7) is 1.35. The molecule has 0 spiro atoms. The van der Waals surface area contributed by atoms with Gasteiger partial charge in [-0.25, -0.2) is 0 Å². The highest BCUT2D eigenvalue weighted by molar-refractivity contribution is 6.33. The molecular formula is C20H24ClN3O2. The van der Waals surface area contributed by atoms with E-state index in [-0.39, 0.29) is 11.8 Å². The van der Waals surface area contributed by atoms with Gasteiger partial charge in [-0.05, 0) is 37.8 Å². The van der Waals surface area contributed by atoms with Gasteiger partial charge in [-0.2, -0.15) is 0 Å². The Kier molecular flexibility index (Phi) is 5.25. The third-order valence-corrected chi connectivity index (χ3v) is 5.90. The summed E-state index contributed by atoms with van der Waals surface area (Å²) in [5.41, 5.74) is 0.559. The van der Waals surface area contributed by atoms with Crippen LogP contribution in [0.1, 0.15) is 78.9 Å². The molecule has 1 atom stereocenters. The van der Waals surface area contributed by atoms with E-state index in [1.54, 1.807) is 12.1 Å². The summed E-state index contributed by atoms with van der Waals surface area (Å²) >= 11 is 6.19. The number of amides is 1. The number of nitrogens with zero attached hydrogens (tertiary/aromatic N) is 3. The summed E-state index contributed by atoms with van der Waals surface area (Å²) in [6, 6.07) is 7.21. The first-order valence-electron chi connectivity index (χ1n) is 9.59. The van der Waals surface area contributed by atoms with E-state index in [9.17, 15) is 4.79 Å². The lowest BCUT2D eigenvalue weighted by atomic mass is 9.89. The van der Waals surface area contributed by atoms with Gasteiger partial charge in [0.1, 0.15) is 0 Å². The lowest BCUT2D eigenvalue weighted by Crippen LogP contribution is -2.39. The quantitative estimate of drug-likeness (QED) is 0.776. The molecule has 1 saturated heterocycles. The topological polar surface area (TPSA) is 59.2 Å². The fourth-order valence-electron chi connectivity index (χ4n) is 4.09. The summed E-state index contributed by atoms with van der Waals surface area (Å²) in [5.74, 6) is 1.97. The van der Waals surface area contributed by atoms with E-state index in [1.165, 1.54) is 19.3 Å². The van der Waals surface area contributed by atoms with E-state index >= 15 is 0 Å². The zero-order valence-corrected chi connectivity index (χ0v) is 15.6. The summed E-state index contributed by atoms with van der Waals surface area (Å²) in [5, 5.41) is 9.13. The van der Waals surface area contributed by atoms with Crippen LogP contribution >= 0.6 is 11.6 Å². The zero-order chi connectivity index (χ0) is 17.9. The largest absolute Gasteiger partial charge is 0.425 e. The molecule has 1 aliphatic heterocycles. The van der Waals surface area contributed by atoms with Crippen LogP contribution < -0.4 is 0 Å². The van der Waals surface area contributed by atoms with Crippen molar-refractivity contribution in [3.63, 3.8) is 0 Å². The van der Waals surface area contributed by atoms with E-state index in [0.29, 0.717) is 28.9 Å². The van der Waals surface area contributed by atoms with Gasteiger partial charge in [-0.1, -0.05) is 43.0 Å². The van der Waals surface area contributed by atoms with E-state index in [1.807, 2.05) is 17.0 Å². The molecule has 1 aromatic carbocycles. The summed E-state index contributed by atoms with van der Waals surface area (Å²) in [4.78, 5) is 14.7. The molecule has 1 saturated carbocycles. The van der Waals surface area contributed by atoms with Crippen LogP contribution in [0, 0.1) is 0 Å². The van der Waals surface area contributed by atoms with Crippen LogP contribution in [0.3, 0.4) is 0 Å². The Balaban J connectivity index is 1.46. The molecule has 1 aliphatic carbocycles. The van der Waals surface area contributed by atoms with Crippen molar-refractivity contribution in [3.05, 3.63) is 46.6 Å². The second-order valence-corrected chi connectivity index (χ2v) is 7.79. The van der Waals surface area contributed by atoms with Crippen LogP contribution in [0.5, 0.6) is 0 Å². The average Bonchev–Trinajstić information content (AvgIpc) is 3.19. The second kappa shape index (κ2) is 7.78. The van der Waals surface area contributed by atoms with Gasteiger partial charge < -0.3 is 9.32 Å². The first-order valence-corrected chi connectivity index (χ1v) is 9.97. The van der Waals surface area contributed by atoms with Crippen LogP contribution in [0.15, 0.2) is 28.7 Å². The molecular weight excluding hydrogens is 350 g/mol. The summed E-state index contributed by atoms with van der Waals surface area (Å²) in [7, 11) is 0. The number of likely N-dealkylation sites (tertiary alicyclic amines) is 1. The molecule has 1 unspecified atom stereocenters. The van der Waals surface area contributed by atoms with Crippen molar-refractivity contribution in [1.82, 2.24) is 15.1 Å². The van der Waals surface area contributed by atoms with E-state index in [4.69, 9.17) is 16.0 Å². The van der Waals surface area contributed by atoms with Gasteiger partial charge in [-0.3, -0.25) is 4.79 Å². The Morgan fingerprint density at radius 3 is 2.46 bits per heavy atom. The van der Waals surface area contributed by atoms with Crippen molar-refractivity contribution in [2.75, 3.05) is 13.1 Å². The molecule has 2 fully saturated rings. The third kappa shape index (κ3) is 3.63. The van der Waals surface area contributed by atoms with E-state index in [0.717, 1.165) is 38.1 Å². The Labute approximate surface area is 158 Å². The maximum absolute atomic E-state index is 12.8. The molecule has 2 aromatic rings. The molecule has 2 aliphatic rings. The molecule has 4 rings (SSSR count). The highest BCUT2D eigenvalue weighted by Gasteiger charge is 2.30. The smallest absolute Gasteiger partial charge is 0.255 e. The second-order valence-electron chi connectivity index (χ2n) is 7.38. The molecule has 26 heavy (non-hydrogen) atoms. The van der Waals surface area contributed by atoms with Gasteiger partial charge in [0, 0.05) is 19.0 Å². The summed E-state index contributed by atoms with van der Waals surface area (Å²) < 4.78 is 6.03. The van der Waals surface area contributed by atoms with Crippen LogP contribution in [0.4, 0.5) is 0 Å². The van der Waals surface area contributed by atoms with Crippen molar-refractivity contribution < 1.29 is 9.21 Å². The standard InChI is InChI=1S/C20H24ClN3O2/c21-17-11-5-4-10-16(17)20(25)24-12-6-9-15(13-24)19-23-22-18(26-19)14-7-2-1-3-8-14/h4-5,10-11,14-15H,1-3,6-9,12-13H2. The molecule has 0 radical (unpaired) electrons. The van der Waals surface area contributed by atoms with Crippen molar-refractivity contribution >= 4 is 17.5 Å². The Hall–Kier alpha value is -1.88. The van der Waals surface area contributed by atoms with Gasteiger partial charge >= 0.3 is 0 Å². The highest BCUT2D eigenvalue weighted by atomic mass is 35.5. The normalized spacial score (nSPS) is 21.7. The maximum Gasteiger partial charge on any atom is 0.255 e. The predicted octanol–water partition coefficient (Wildman–Crippen LogP) is 4.79. The fourth-order valence-corrected chi connectivity index (χ4v) is 4.31. The SMILES string of the molecule is O=C(c1ccccc1Cl)N1CCCC(c2nnc(C3CCCCC3)o2)C1. The minimum atomic E-state index is -0.0210. The maximum atomic E-state index is 12.8. The van der Waals surface area contributed by atoms with Gasteiger partial charge in [0.2, 0.25) is 11.8 Å². The molecule has 138 valence electrons. The van der Waals surface area contributed by atoms with Crippen LogP contribution in [0.25, 0.3) is 0 Å². The monoisotopic (exact) mass is 373 g/mol. The number of carbonyl (C=O) groups is 1. The number of aromatic nitrogens is 2. The van der Waals surface area contributed by atoms with Crippen LogP contribution in [-0.4, -0.2) is 34.1 Å². The van der Waals surface area contributed by atoms with Gasteiger partial charge in [0.05, 0.1) is 16.5 Å². The van der Waals surface area contributed by atoms with Crippen molar-refractivity contribution in [2.45, 2.75) is 56.8 Å². The number of hydrogen-bond donors (Lipinski definition) is 0. The molecule has 2 heterocycles. The molecule has 1 amide bonds. The molecule has 5 nitrogen and oxygen atoms in total. The van der Waals surface area contributed by atoms with Gasteiger partial charge in [0.25, 0.3) is 5.91 Å². The average molecular weight is 374 g/mol. The predicted molar refractivity (Wildman–Crippen MR) is 99.5 cm³/mol. The number of halogens is 1.